The monoisotopic (exact) mass is 256 g/mol. The van der Waals surface area contributed by atoms with E-state index in [-0.39, 0.29) is 0 Å². The SMILES string of the molecule is CCN1CCOC(CNCCCC2CCCO2)C1. The van der Waals surface area contributed by atoms with Crippen LogP contribution in [0.5, 0.6) is 0 Å². The first-order chi connectivity index (χ1) is 8.88. The minimum Gasteiger partial charge on any atom is -0.378 e. The number of rotatable bonds is 7. The van der Waals surface area contributed by atoms with Gasteiger partial charge in [-0.3, -0.25) is 4.90 Å². The van der Waals surface area contributed by atoms with E-state index in [0.717, 1.165) is 45.9 Å². The van der Waals surface area contributed by atoms with E-state index in [1.54, 1.807) is 0 Å². The highest BCUT2D eigenvalue weighted by Gasteiger charge is 2.18. The van der Waals surface area contributed by atoms with Crippen molar-refractivity contribution in [1.82, 2.24) is 10.2 Å². The van der Waals surface area contributed by atoms with E-state index < -0.39 is 0 Å². The molecule has 106 valence electrons. The molecule has 0 amide bonds. The van der Waals surface area contributed by atoms with Crippen LogP contribution in [0.3, 0.4) is 0 Å². The van der Waals surface area contributed by atoms with Gasteiger partial charge in [0.1, 0.15) is 0 Å². The van der Waals surface area contributed by atoms with Crippen LogP contribution < -0.4 is 5.32 Å². The Bertz CT molecular complexity index is 220. The minimum absolute atomic E-state index is 0.376. The third kappa shape index (κ3) is 4.84. The van der Waals surface area contributed by atoms with Gasteiger partial charge in [0.25, 0.3) is 0 Å². The van der Waals surface area contributed by atoms with Crippen molar-refractivity contribution < 1.29 is 9.47 Å². The summed E-state index contributed by atoms with van der Waals surface area (Å²) in [4.78, 5) is 2.46. The number of nitrogens with zero attached hydrogens (tertiary/aromatic N) is 1. The summed E-state index contributed by atoms with van der Waals surface area (Å²) in [5.41, 5.74) is 0. The molecule has 2 heterocycles. The molecule has 0 aliphatic carbocycles. The maximum absolute atomic E-state index is 5.76. The molecular weight excluding hydrogens is 228 g/mol. The molecule has 0 aromatic rings. The number of likely N-dealkylation sites (N-methyl/N-ethyl adjacent to an activating group) is 1. The van der Waals surface area contributed by atoms with E-state index in [1.165, 1.54) is 25.7 Å². The Morgan fingerprint density at radius 3 is 2.89 bits per heavy atom. The highest BCUT2D eigenvalue weighted by Crippen LogP contribution is 2.16. The van der Waals surface area contributed by atoms with Gasteiger partial charge >= 0.3 is 0 Å². The van der Waals surface area contributed by atoms with Crippen LogP contribution in [0.4, 0.5) is 0 Å². The van der Waals surface area contributed by atoms with Crippen LogP contribution in [-0.4, -0.2) is 63.0 Å². The molecule has 0 spiro atoms. The normalized spacial score (nSPS) is 29.8. The Kier molecular flexibility index (Phi) is 6.41. The predicted molar refractivity (Wildman–Crippen MR) is 72.9 cm³/mol. The van der Waals surface area contributed by atoms with Gasteiger partial charge in [-0.25, -0.2) is 0 Å². The van der Waals surface area contributed by atoms with Crippen LogP contribution in [-0.2, 0) is 9.47 Å². The Morgan fingerprint density at radius 1 is 1.22 bits per heavy atom. The summed E-state index contributed by atoms with van der Waals surface area (Å²) in [7, 11) is 0. The molecule has 0 aromatic heterocycles. The van der Waals surface area contributed by atoms with Gasteiger partial charge in [-0.15, -0.1) is 0 Å². The van der Waals surface area contributed by atoms with Gasteiger partial charge in [0.15, 0.2) is 0 Å². The molecular formula is C14H28N2O2. The summed E-state index contributed by atoms with van der Waals surface area (Å²) in [6.45, 7) is 9.46. The van der Waals surface area contributed by atoms with Gasteiger partial charge in [-0.2, -0.15) is 0 Å². The third-order valence-corrected chi connectivity index (χ3v) is 3.95. The molecule has 0 saturated carbocycles. The molecule has 18 heavy (non-hydrogen) atoms. The smallest absolute Gasteiger partial charge is 0.0826 e. The number of hydrogen-bond donors (Lipinski definition) is 1. The maximum Gasteiger partial charge on any atom is 0.0826 e. The van der Waals surface area contributed by atoms with Crippen molar-refractivity contribution in [3.8, 4) is 0 Å². The maximum atomic E-state index is 5.76. The van der Waals surface area contributed by atoms with E-state index >= 15 is 0 Å². The average molecular weight is 256 g/mol. The second-order valence-electron chi connectivity index (χ2n) is 5.37. The van der Waals surface area contributed by atoms with Crippen LogP contribution in [0.25, 0.3) is 0 Å². The van der Waals surface area contributed by atoms with E-state index in [1.807, 2.05) is 0 Å². The molecule has 1 N–H and O–H groups in total. The third-order valence-electron chi connectivity index (χ3n) is 3.95. The lowest BCUT2D eigenvalue weighted by atomic mass is 10.1. The van der Waals surface area contributed by atoms with E-state index in [9.17, 15) is 0 Å². The standard InChI is InChI=1S/C14H28N2O2/c1-2-16-8-10-18-14(12-16)11-15-7-3-5-13-6-4-9-17-13/h13-15H,2-12H2,1H3. The van der Waals surface area contributed by atoms with E-state index in [0.29, 0.717) is 12.2 Å². The number of hydrogen-bond acceptors (Lipinski definition) is 4. The van der Waals surface area contributed by atoms with Crippen molar-refractivity contribution in [2.24, 2.45) is 0 Å². The van der Waals surface area contributed by atoms with E-state index in [4.69, 9.17) is 9.47 Å². The van der Waals surface area contributed by atoms with Crippen molar-refractivity contribution in [2.45, 2.75) is 44.8 Å². The molecule has 2 rings (SSSR count). The Labute approximate surface area is 111 Å². The zero-order valence-electron chi connectivity index (χ0n) is 11.7. The molecule has 2 aliphatic rings. The molecule has 2 unspecified atom stereocenters. The fourth-order valence-corrected chi connectivity index (χ4v) is 2.78. The summed E-state index contributed by atoms with van der Waals surface area (Å²) in [5, 5.41) is 3.52. The fraction of sp³-hybridized carbons (Fsp3) is 1.00. The zero-order valence-corrected chi connectivity index (χ0v) is 11.7. The molecule has 4 heteroatoms. The van der Waals surface area contributed by atoms with Gasteiger partial charge < -0.3 is 14.8 Å². The topological polar surface area (TPSA) is 33.7 Å². The van der Waals surface area contributed by atoms with Gasteiger partial charge in [-0.1, -0.05) is 6.92 Å². The van der Waals surface area contributed by atoms with Gasteiger partial charge in [0.2, 0.25) is 0 Å². The summed E-state index contributed by atoms with van der Waals surface area (Å²) >= 11 is 0. The highest BCUT2D eigenvalue weighted by atomic mass is 16.5. The van der Waals surface area contributed by atoms with Crippen LogP contribution >= 0.6 is 0 Å². The van der Waals surface area contributed by atoms with Crippen LogP contribution in [0.1, 0.15) is 32.6 Å². The Balaban J connectivity index is 1.47. The Hall–Kier alpha value is -0.160. The lowest BCUT2D eigenvalue weighted by molar-refractivity contribution is -0.0252. The predicted octanol–water partition coefficient (Wildman–Crippen LogP) is 1.26. The first kappa shape index (κ1) is 14.3. The van der Waals surface area contributed by atoms with Crippen LogP contribution in [0.2, 0.25) is 0 Å². The van der Waals surface area contributed by atoms with Gasteiger partial charge in [0, 0.05) is 26.2 Å². The molecule has 2 fully saturated rings. The van der Waals surface area contributed by atoms with Crippen molar-refractivity contribution >= 4 is 0 Å². The van der Waals surface area contributed by atoms with Crippen molar-refractivity contribution in [3.63, 3.8) is 0 Å². The molecule has 4 nitrogen and oxygen atoms in total. The second kappa shape index (κ2) is 8.10. The van der Waals surface area contributed by atoms with Crippen LogP contribution in [0.15, 0.2) is 0 Å². The molecule has 0 aromatic carbocycles. The molecule has 2 saturated heterocycles. The lowest BCUT2D eigenvalue weighted by Crippen LogP contribution is -2.46. The molecule has 0 radical (unpaired) electrons. The summed E-state index contributed by atoms with van der Waals surface area (Å²) < 4.78 is 11.4. The summed E-state index contributed by atoms with van der Waals surface area (Å²) in [6.07, 6.45) is 5.85. The summed E-state index contributed by atoms with van der Waals surface area (Å²) in [5.74, 6) is 0. The first-order valence-corrected chi connectivity index (χ1v) is 7.54. The minimum atomic E-state index is 0.376. The molecule has 0 bridgehead atoms. The van der Waals surface area contributed by atoms with Gasteiger partial charge in [0.05, 0.1) is 18.8 Å². The zero-order chi connectivity index (χ0) is 12.6. The fourth-order valence-electron chi connectivity index (χ4n) is 2.78. The second-order valence-corrected chi connectivity index (χ2v) is 5.37. The van der Waals surface area contributed by atoms with E-state index in [2.05, 4.69) is 17.1 Å². The van der Waals surface area contributed by atoms with Crippen molar-refractivity contribution in [2.75, 3.05) is 45.9 Å². The van der Waals surface area contributed by atoms with Gasteiger partial charge in [-0.05, 0) is 38.8 Å². The number of ether oxygens (including phenoxy) is 2. The molecule has 2 aliphatic heterocycles. The summed E-state index contributed by atoms with van der Waals surface area (Å²) in [6, 6.07) is 0. The lowest BCUT2D eigenvalue weighted by Gasteiger charge is -2.32. The van der Waals surface area contributed by atoms with Crippen molar-refractivity contribution in [1.29, 1.82) is 0 Å². The first-order valence-electron chi connectivity index (χ1n) is 7.54. The highest BCUT2D eigenvalue weighted by molar-refractivity contribution is 4.73. The quantitative estimate of drug-likeness (QED) is 0.695. The van der Waals surface area contributed by atoms with Crippen LogP contribution in [0, 0.1) is 0 Å². The Morgan fingerprint density at radius 2 is 2.11 bits per heavy atom. The average Bonchev–Trinajstić information content (AvgIpc) is 2.92. The number of nitrogens with one attached hydrogen (secondary N) is 1. The molecule has 2 atom stereocenters. The largest absolute Gasteiger partial charge is 0.378 e. The number of morpholine rings is 1. The van der Waals surface area contributed by atoms with Crippen molar-refractivity contribution in [3.05, 3.63) is 0 Å².